The molecule has 1 saturated heterocycles. The second kappa shape index (κ2) is 6.16. The number of nitrogens with one attached hydrogen (secondary N) is 1. The predicted octanol–water partition coefficient (Wildman–Crippen LogP) is 1.51. The number of ether oxygens (including phenoxy) is 1. The van der Waals surface area contributed by atoms with Gasteiger partial charge in [0.15, 0.2) is 0 Å². The summed E-state index contributed by atoms with van der Waals surface area (Å²) < 4.78 is 9.50. The molecule has 1 aliphatic heterocycles. The summed E-state index contributed by atoms with van der Waals surface area (Å²) in [7, 11) is 1.92. The van der Waals surface area contributed by atoms with Gasteiger partial charge in [-0.25, -0.2) is 0 Å². The molecule has 2 aromatic rings. The molecule has 0 spiro atoms. The lowest BCUT2D eigenvalue weighted by atomic mass is 10.00. The SMILES string of the molecule is CCn1cc(C(=O)N[C@H]2CCO[C@@H]2c2c(C)nn(C)c2C)cn1. The topological polar surface area (TPSA) is 74.0 Å². The van der Waals surface area contributed by atoms with E-state index in [1.165, 1.54) is 0 Å². The molecule has 0 bridgehead atoms. The Labute approximate surface area is 135 Å². The fraction of sp³-hybridized carbons (Fsp3) is 0.562. The van der Waals surface area contributed by atoms with Gasteiger partial charge in [0.25, 0.3) is 5.91 Å². The molecule has 0 saturated carbocycles. The molecule has 0 radical (unpaired) electrons. The Balaban J connectivity index is 1.78. The van der Waals surface area contributed by atoms with Crippen LogP contribution in [0.4, 0.5) is 0 Å². The van der Waals surface area contributed by atoms with Gasteiger partial charge in [-0.2, -0.15) is 10.2 Å². The van der Waals surface area contributed by atoms with Gasteiger partial charge in [0.05, 0.1) is 23.5 Å². The number of hydrogen-bond donors (Lipinski definition) is 1. The molecule has 0 unspecified atom stereocenters. The number of carbonyl (C=O) groups excluding carboxylic acids is 1. The summed E-state index contributed by atoms with van der Waals surface area (Å²) in [6.07, 6.45) is 4.02. The Morgan fingerprint density at radius 3 is 2.87 bits per heavy atom. The first-order valence-electron chi connectivity index (χ1n) is 7.96. The quantitative estimate of drug-likeness (QED) is 0.927. The van der Waals surface area contributed by atoms with Crippen molar-refractivity contribution in [3.8, 4) is 0 Å². The van der Waals surface area contributed by atoms with E-state index in [9.17, 15) is 4.79 Å². The van der Waals surface area contributed by atoms with Crippen LogP contribution in [-0.4, -0.2) is 38.1 Å². The number of amides is 1. The van der Waals surface area contributed by atoms with Crippen molar-refractivity contribution in [2.24, 2.45) is 7.05 Å². The maximum absolute atomic E-state index is 12.4. The number of rotatable bonds is 4. The lowest BCUT2D eigenvalue weighted by Crippen LogP contribution is -2.37. The monoisotopic (exact) mass is 317 g/mol. The van der Waals surface area contributed by atoms with E-state index < -0.39 is 0 Å². The number of carbonyl (C=O) groups is 1. The highest BCUT2D eigenvalue weighted by Crippen LogP contribution is 2.33. The van der Waals surface area contributed by atoms with Crippen LogP contribution in [-0.2, 0) is 18.3 Å². The van der Waals surface area contributed by atoms with Crippen LogP contribution < -0.4 is 5.32 Å². The van der Waals surface area contributed by atoms with E-state index in [4.69, 9.17) is 4.74 Å². The zero-order chi connectivity index (χ0) is 16.6. The minimum atomic E-state index is -0.145. The average molecular weight is 317 g/mol. The van der Waals surface area contributed by atoms with Crippen molar-refractivity contribution in [1.29, 1.82) is 0 Å². The van der Waals surface area contributed by atoms with E-state index in [1.54, 1.807) is 17.1 Å². The normalized spacial score (nSPS) is 20.9. The van der Waals surface area contributed by atoms with Crippen LogP contribution >= 0.6 is 0 Å². The third-order valence-corrected chi connectivity index (χ3v) is 4.48. The van der Waals surface area contributed by atoms with Gasteiger partial charge in [0, 0.05) is 37.7 Å². The van der Waals surface area contributed by atoms with Crippen molar-refractivity contribution in [3.63, 3.8) is 0 Å². The van der Waals surface area contributed by atoms with Crippen LogP contribution in [0.2, 0.25) is 0 Å². The van der Waals surface area contributed by atoms with Gasteiger partial charge in [-0.15, -0.1) is 0 Å². The number of aromatic nitrogens is 4. The Bertz CT molecular complexity index is 718. The van der Waals surface area contributed by atoms with Gasteiger partial charge >= 0.3 is 0 Å². The minimum Gasteiger partial charge on any atom is -0.371 e. The number of nitrogens with zero attached hydrogens (tertiary/aromatic N) is 4. The molecule has 2 aromatic heterocycles. The number of hydrogen-bond acceptors (Lipinski definition) is 4. The zero-order valence-electron chi connectivity index (χ0n) is 14.0. The minimum absolute atomic E-state index is 0.0472. The molecule has 1 aliphatic rings. The molecule has 0 aromatic carbocycles. The Morgan fingerprint density at radius 1 is 1.48 bits per heavy atom. The zero-order valence-corrected chi connectivity index (χ0v) is 14.0. The highest BCUT2D eigenvalue weighted by atomic mass is 16.5. The molecule has 1 amide bonds. The van der Waals surface area contributed by atoms with Gasteiger partial charge in [0.1, 0.15) is 6.10 Å². The maximum atomic E-state index is 12.4. The standard InChI is InChI=1S/C16H23N5O2/c1-5-21-9-12(8-17-21)16(22)18-13-6-7-23-15(13)14-10(2)19-20(4)11(14)3/h8-9,13,15H,5-7H2,1-4H3,(H,18,22)/t13-,15-/m0/s1. The Hall–Kier alpha value is -2.15. The van der Waals surface area contributed by atoms with Crippen LogP contribution in [0.5, 0.6) is 0 Å². The molecule has 7 heteroatoms. The first-order chi connectivity index (χ1) is 11.0. The Morgan fingerprint density at radius 2 is 2.26 bits per heavy atom. The molecule has 23 heavy (non-hydrogen) atoms. The Kier molecular flexibility index (Phi) is 4.21. The fourth-order valence-electron chi connectivity index (χ4n) is 3.13. The van der Waals surface area contributed by atoms with Gasteiger partial charge in [0.2, 0.25) is 0 Å². The van der Waals surface area contributed by atoms with Gasteiger partial charge in [-0.3, -0.25) is 14.2 Å². The van der Waals surface area contributed by atoms with Crippen molar-refractivity contribution < 1.29 is 9.53 Å². The van der Waals surface area contributed by atoms with Crippen molar-refractivity contribution in [3.05, 3.63) is 34.9 Å². The molecule has 2 atom stereocenters. The smallest absolute Gasteiger partial charge is 0.254 e. The predicted molar refractivity (Wildman–Crippen MR) is 85.1 cm³/mol. The fourth-order valence-corrected chi connectivity index (χ4v) is 3.13. The highest BCUT2D eigenvalue weighted by molar-refractivity contribution is 5.93. The summed E-state index contributed by atoms with van der Waals surface area (Å²) in [5.74, 6) is -0.107. The molecule has 0 aliphatic carbocycles. The maximum Gasteiger partial charge on any atom is 0.254 e. The van der Waals surface area contributed by atoms with Gasteiger partial charge in [-0.05, 0) is 27.2 Å². The van der Waals surface area contributed by atoms with Crippen molar-refractivity contribution in [1.82, 2.24) is 24.9 Å². The molecule has 3 rings (SSSR count). The van der Waals surface area contributed by atoms with E-state index in [0.29, 0.717) is 12.2 Å². The molecule has 1 fully saturated rings. The summed E-state index contributed by atoms with van der Waals surface area (Å²) in [4.78, 5) is 12.4. The third kappa shape index (κ3) is 2.88. The summed E-state index contributed by atoms with van der Waals surface area (Å²) in [5.41, 5.74) is 3.69. The van der Waals surface area contributed by atoms with Crippen molar-refractivity contribution in [2.45, 2.75) is 45.9 Å². The largest absolute Gasteiger partial charge is 0.371 e. The van der Waals surface area contributed by atoms with Crippen LogP contribution in [0.15, 0.2) is 12.4 Å². The second-order valence-electron chi connectivity index (χ2n) is 5.95. The second-order valence-corrected chi connectivity index (χ2v) is 5.95. The first-order valence-corrected chi connectivity index (χ1v) is 7.96. The van der Waals surface area contributed by atoms with E-state index >= 15 is 0 Å². The van der Waals surface area contributed by atoms with Crippen molar-refractivity contribution >= 4 is 5.91 Å². The van der Waals surface area contributed by atoms with E-state index in [1.807, 2.05) is 32.5 Å². The van der Waals surface area contributed by atoms with Crippen LogP contribution in [0.1, 0.15) is 46.8 Å². The van der Waals surface area contributed by atoms with E-state index in [2.05, 4.69) is 15.5 Å². The van der Waals surface area contributed by atoms with E-state index in [0.717, 1.165) is 29.9 Å². The molecule has 124 valence electrons. The lowest BCUT2D eigenvalue weighted by molar-refractivity contribution is 0.0817. The molecule has 1 N–H and O–H groups in total. The average Bonchev–Trinajstić information content (AvgIpc) is 3.21. The molecular formula is C16H23N5O2. The molecule has 7 nitrogen and oxygen atoms in total. The van der Waals surface area contributed by atoms with Crippen LogP contribution in [0.25, 0.3) is 0 Å². The van der Waals surface area contributed by atoms with Gasteiger partial charge in [-0.1, -0.05) is 0 Å². The molecule has 3 heterocycles. The summed E-state index contributed by atoms with van der Waals surface area (Å²) >= 11 is 0. The van der Waals surface area contributed by atoms with Crippen LogP contribution in [0.3, 0.4) is 0 Å². The highest BCUT2D eigenvalue weighted by Gasteiger charge is 2.34. The third-order valence-electron chi connectivity index (χ3n) is 4.48. The lowest BCUT2D eigenvalue weighted by Gasteiger charge is -2.20. The summed E-state index contributed by atoms with van der Waals surface area (Å²) in [6, 6.07) is -0.0472. The van der Waals surface area contributed by atoms with Crippen LogP contribution in [0, 0.1) is 13.8 Å². The summed E-state index contributed by atoms with van der Waals surface area (Å²) in [5, 5.41) is 11.7. The van der Waals surface area contributed by atoms with E-state index in [-0.39, 0.29) is 18.1 Å². The van der Waals surface area contributed by atoms with Gasteiger partial charge < -0.3 is 10.1 Å². The van der Waals surface area contributed by atoms with Crippen molar-refractivity contribution in [2.75, 3.05) is 6.61 Å². The first kappa shape index (κ1) is 15.7. The number of aryl methyl sites for hydroxylation is 3. The summed E-state index contributed by atoms with van der Waals surface area (Å²) in [6.45, 7) is 7.38. The molecular weight excluding hydrogens is 294 g/mol.